The molecule has 1 N–H and O–H groups in total. The van der Waals surface area contributed by atoms with Crippen molar-refractivity contribution in [2.75, 3.05) is 0 Å². The second-order valence-electron chi connectivity index (χ2n) is 3.59. The molecule has 2 nitrogen and oxygen atoms in total. The van der Waals surface area contributed by atoms with Gasteiger partial charge < -0.3 is 5.21 Å². The molecule has 0 saturated heterocycles. The highest BCUT2D eigenvalue weighted by Gasteiger charge is 2.07. The van der Waals surface area contributed by atoms with E-state index >= 15 is 0 Å². The fraction of sp³-hybridized carbons (Fsp3) is 0. The molecule has 0 amide bonds. The topological polar surface area (TPSA) is 32.6 Å². The molecule has 3 heterocycles. The van der Waals surface area contributed by atoms with Gasteiger partial charge in [0.05, 0.1) is 6.21 Å². The van der Waals surface area contributed by atoms with E-state index in [2.05, 4.69) is 40.9 Å². The first-order valence-electron chi connectivity index (χ1n) is 5.28. The van der Waals surface area contributed by atoms with Crippen molar-refractivity contribution in [1.82, 2.24) is 0 Å². The van der Waals surface area contributed by atoms with E-state index in [-0.39, 0.29) is 0 Å². The number of hydrogen-bond acceptors (Lipinski definition) is 5. The maximum atomic E-state index is 8.51. The van der Waals surface area contributed by atoms with Crippen LogP contribution < -0.4 is 0 Å². The van der Waals surface area contributed by atoms with Gasteiger partial charge in [-0.25, -0.2) is 0 Å². The van der Waals surface area contributed by atoms with Crippen molar-refractivity contribution in [1.29, 1.82) is 0 Å². The summed E-state index contributed by atoms with van der Waals surface area (Å²) in [7, 11) is 0. The van der Waals surface area contributed by atoms with Gasteiger partial charge in [0.1, 0.15) is 0 Å². The SMILES string of the molecule is ON=Cc1ccc(-c2ccc(-c3cccs3)s2)s1. The average molecular weight is 291 g/mol. The molecule has 18 heavy (non-hydrogen) atoms. The molecule has 0 bridgehead atoms. The van der Waals surface area contributed by atoms with Gasteiger partial charge in [-0.05, 0) is 35.7 Å². The van der Waals surface area contributed by atoms with Gasteiger partial charge >= 0.3 is 0 Å². The van der Waals surface area contributed by atoms with Gasteiger partial charge in [0.25, 0.3) is 0 Å². The smallest absolute Gasteiger partial charge is 0.0833 e. The zero-order chi connectivity index (χ0) is 12.4. The molecule has 3 rings (SSSR count). The van der Waals surface area contributed by atoms with Gasteiger partial charge in [0.2, 0.25) is 0 Å². The molecule has 90 valence electrons. The molecule has 0 spiro atoms. The van der Waals surface area contributed by atoms with Crippen molar-refractivity contribution in [3.05, 3.63) is 46.7 Å². The maximum absolute atomic E-state index is 8.51. The highest BCUT2D eigenvalue weighted by Crippen LogP contribution is 2.38. The minimum atomic E-state index is 0.957. The molecule has 0 atom stereocenters. The molecule has 3 aromatic heterocycles. The van der Waals surface area contributed by atoms with E-state index in [1.54, 1.807) is 34.0 Å². The van der Waals surface area contributed by atoms with Crippen molar-refractivity contribution in [3.8, 4) is 19.5 Å². The first kappa shape index (κ1) is 11.6. The van der Waals surface area contributed by atoms with E-state index in [0.717, 1.165) is 4.88 Å². The summed E-state index contributed by atoms with van der Waals surface area (Å²) in [5.41, 5.74) is 0. The van der Waals surface area contributed by atoms with Crippen LogP contribution in [0.25, 0.3) is 19.5 Å². The average Bonchev–Trinajstić information content (AvgIpc) is 3.10. The summed E-state index contributed by atoms with van der Waals surface area (Å²) in [6.07, 6.45) is 1.46. The summed E-state index contributed by atoms with van der Waals surface area (Å²) < 4.78 is 0. The van der Waals surface area contributed by atoms with E-state index in [9.17, 15) is 0 Å². The van der Waals surface area contributed by atoms with Crippen LogP contribution in [0.2, 0.25) is 0 Å². The fourth-order valence-electron chi connectivity index (χ4n) is 1.63. The Morgan fingerprint density at radius 1 is 0.889 bits per heavy atom. The van der Waals surface area contributed by atoms with E-state index in [4.69, 9.17) is 5.21 Å². The highest BCUT2D eigenvalue weighted by molar-refractivity contribution is 7.26. The molecule has 0 unspecified atom stereocenters. The van der Waals surface area contributed by atoms with Gasteiger partial charge in [-0.15, -0.1) is 34.0 Å². The van der Waals surface area contributed by atoms with Crippen LogP contribution in [0.5, 0.6) is 0 Å². The molecule has 0 aliphatic carbocycles. The summed E-state index contributed by atoms with van der Waals surface area (Å²) in [6.45, 7) is 0. The normalized spacial score (nSPS) is 11.3. The van der Waals surface area contributed by atoms with Crippen LogP contribution in [-0.4, -0.2) is 11.4 Å². The quantitative estimate of drug-likeness (QED) is 0.410. The Kier molecular flexibility index (Phi) is 3.27. The second-order valence-corrected chi connectivity index (χ2v) is 6.73. The lowest BCUT2D eigenvalue weighted by Crippen LogP contribution is -1.67. The Labute approximate surface area is 116 Å². The number of hydrogen-bond donors (Lipinski definition) is 1. The molecule has 0 fully saturated rings. The van der Waals surface area contributed by atoms with Crippen LogP contribution in [0.1, 0.15) is 4.88 Å². The van der Waals surface area contributed by atoms with Gasteiger partial charge in [-0.1, -0.05) is 11.2 Å². The summed E-state index contributed by atoms with van der Waals surface area (Å²) in [5.74, 6) is 0. The van der Waals surface area contributed by atoms with Gasteiger partial charge in [0, 0.05) is 24.4 Å². The van der Waals surface area contributed by atoms with E-state index < -0.39 is 0 Å². The Morgan fingerprint density at radius 2 is 1.61 bits per heavy atom. The first-order valence-corrected chi connectivity index (χ1v) is 7.79. The molecule has 0 aromatic carbocycles. The standard InChI is InChI=1S/C13H9NOS3/c15-14-8-9-3-4-12(17-9)13-6-5-11(18-13)10-2-1-7-16-10/h1-8,15H. The van der Waals surface area contributed by atoms with E-state index in [1.165, 1.54) is 25.7 Å². The summed E-state index contributed by atoms with van der Waals surface area (Å²) in [6, 6.07) is 12.5. The summed E-state index contributed by atoms with van der Waals surface area (Å²) in [5, 5.41) is 13.7. The lowest BCUT2D eigenvalue weighted by atomic mass is 10.3. The minimum Gasteiger partial charge on any atom is -0.411 e. The largest absolute Gasteiger partial charge is 0.411 e. The van der Waals surface area contributed by atoms with Crippen LogP contribution in [0.3, 0.4) is 0 Å². The van der Waals surface area contributed by atoms with Crippen molar-refractivity contribution in [3.63, 3.8) is 0 Å². The second kappa shape index (κ2) is 5.06. The minimum absolute atomic E-state index is 0.957. The Balaban J connectivity index is 1.92. The maximum Gasteiger partial charge on any atom is 0.0833 e. The Bertz CT molecular complexity index is 664. The van der Waals surface area contributed by atoms with Crippen LogP contribution in [0.4, 0.5) is 0 Å². The van der Waals surface area contributed by atoms with E-state index in [1.807, 2.05) is 6.07 Å². The van der Waals surface area contributed by atoms with Gasteiger partial charge in [-0.2, -0.15) is 0 Å². The highest BCUT2D eigenvalue weighted by atomic mass is 32.1. The fourth-order valence-corrected chi connectivity index (χ4v) is 4.44. The predicted molar refractivity (Wildman–Crippen MR) is 80.3 cm³/mol. The molecule has 0 aliphatic heterocycles. The van der Waals surface area contributed by atoms with Gasteiger partial charge in [-0.3, -0.25) is 0 Å². The zero-order valence-electron chi connectivity index (χ0n) is 9.24. The van der Waals surface area contributed by atoms with Gasteiger partial charge in [0.15, 0.2) is 0 Å². The monoisotopic (exact) mass is 291 g/mol. The molecule has 0 saturated carbocycles. The van der Waals surface area contributed by atoms with Crippen molar-refractivity contribution < 1.29 is 5.21 Å². The summed E-state index contributed by atoms with van der Waals surface area (Å²) >= 11 is 5.17. The molecule has 0 radical (unpaired) electrons. The van der Waals surface area contributed by atoms with Crippen molar-refractivity contribution in [2.45, 2.75) is 0 Å². The third-order valence-electron chi connectivity index (χ3n) is 2.42. The lowest BCUT2D eigenvalue weighted by Gasteiger charge is -1.90. The molecular weight excluding hydrogens is 282 g/mol. The Hall–Kier alpha value is -1.43. The molecule has 0 aliphatic rings. The van der Waals surface area contributed by atoms with Crippen LogP contribution in [0.15, 0.2) is 46.9 Å². The van der Waals surface area contributed by atoms with Crippen LogP contribution in [0, 0.1) is 0 Å². The van der Waals surface area contributed by atoms with Crippen molar-refractivity contribution in [2.24, 2.45) is 5.16 Å². The van der Waals surface area contributed by atoms with E-state index in [0.29, 0.717) is 0 Å². The third kappa shape index (κ3) is 2.25. The molecule has 5 heteroatoms. The number of oxime groups is 1. The molecular formula is C13H9NOS3. The van der Waals surface area contributed by atoms with Crippen LogP contribution >= 0.6 is 34.0 Å². The number of thiophene rings is 3. The van der Waals surface area contributed by atoms with Crippen LogP contribution in [-0.2, 0) is 0 Å². The zero-order valence-corrected chi connectivity index (χ0v) is 11.7. The predicted octanol–water partition coefficient (Wildman–Crippen LogP) is 5.01. The first-order chi connectivity index (χ1) is 8.86. The van der Waals surface area contributed by atoms with Crippen molar-refractivity contribution >= 4 is 40.2 Å². The molecule has 3 aromatic rings. The number of nitrogens with zero attached hydrogens (tertiary/aromatic N) is 1. The lowest BCUT2D eigenvalue weighted by molar-refractivity contribution is 0.322. The Morgan fingerprint density at radius 3 is 2.33 bits per heavy atom. The third-order valence-corrected chi connectivity index (χ3v) is 5.79. The number of rotatable bonds is 3. The summed E-state index contributed by atoms with van der Waals surface area (Å²) in [4.78, 5) is 6.02.